The molecule has 1 rings (SSSR count). The highest BCUT2D eigenvalue weighted by atomic mass is 16.5. The highest BCUT2D eigenvalue weighted by Crippen LogP contribution is 2.12. The molecule has 1 aliphatic heterocycles. The lowest BCUT2D eigenvalue weighted by Crippen LogP contribution is -2.34. The van der Waals surface area contributed by atoms with Gasteiger partial charge < -0.3 is 14.5 Å². The molecule has 0 aromatic rings. The van der Waals surface area contributed by atoms with Crippen LogP contribution in [0.3, 0.4) is 0 Å². The van der Waals surface area contributed by atoms with E-state index in [4.69, 9.17) is 4.74 Å². The summed E-state index contributed by atoms with van der Waals surface area (Å²) in [6.45, 7) is 5.53. The second kappa shape index (κ2) is 7.85. The number of allylic oxidation sites excluding steroid dienone is 1. The smallest absolute Gasteiger partial charge is 0.255 e. The molecule has 1 heterocycles. The average molecular weight is 280 g/mol. The highest BCUT2D eigenvalue weighted by molar-refractivity contribution is 5.97. The Balaban J connectivity index is 2.90. The molecule has 0 spiro atoms. The number of carbonyl (C=O) groups excluding carboxylic acids is 2. The Kier molecular flexibility index (Phi) is 6.45. The standard InChI is InChI=1S/C15H24N2O3/c1-12(11-18)9-14(10-16(3)4)15(19)17-6-5-13(2)20-8-7-17/h9-11,13H,5-8H2,1-4H3/b12-9-,14-10?. The lowest BCUT2D eigenvalue weighted by molar-refractivity contribution is -0.126. The van der Waals surface area contributed by atoms with Crippen molar-refractivity contribution in [3.8, 4) is 0 Å². The molecule has 0 aromatic carbocycles. The van der Waals surface area contributed by atoms with Gasteiger partial charge in [0.2, 0.25) is 0 Å². The lowest BCUT2D eigenvalue weighted by Gasteiger charge is -2.21. The van der Waals surface area contributed by atoms with E-state index in [9.17, 15) is 9.59 Å². The highest BCUT2D eigenvalue weighted by Gasteiger charge is 2.21. The van der Waals surface area contributed by atoms with E-state index in [0.29, 0.717) is 30.8 Å². The summed E-state index contributed by atoms with van der Waals surface area (Å²) in [5, 5.41) is 0. The SMILES string of the molecule is C/C(C=O)=C/C(=CN(C)C)C(=O)N1CCOC(C)CC1. The molecular formula is C15H24N2O3. The number of rotatable bonds is 4. The van der Waals surface area contributed by atoms with Crippen molar-refractivity contribution in [3.05, 3.63) is 23.4 Å². The van der Waals surface area contributed by atoms with Gasteiger partial charge in [-0.2, -0.15) is 0 Å². The topological polar surface area (TPSA) is 49.9 Å². The first-order valence-corrected chi connectivity index (χ1v) is 6.86. The Morgan fingerprint density at radius 3 is 2.65 bits per heavy atom. The first kappa shape index (κ1) is 16.4. The van der Waals surface area contributed by atoms with Crippen molar-refractivity contribution in [3.63, 3.8) is 0 Å². The Hall–Kier alpha value is -1.62. The first-order valence-electron chi connectivity index (χ1n) is 6.86. The Morgan fingerprint density at radius 1 is 1.35 bits per heavy atom. The maximum absolute atomic E-state index is 12.6. The van der Waals surface area contributed by atoms with Gasteiger partial charge in [0.25, 0.3) is 5.91 Å². The fraction of sp³-hybridized carbons (Fsp3) is 0.600. The van der Waals surface area contributed by atoms with Crippen molar-refractivity contribution in [2.45, 2.75) is 26.4 Å². The monoisotopic (exact) mass is 280 g/mol. The largest absolute Gasteiger partial charge is 0.383 e. The van der Waals surface area contributed by atoms with Crippen molar-refractivity contribution in [2.75, 3.05) is 33.8 Å². The van der Waals surface area contributed by atoms with Crippen molar-refractivity contribution in [2.24, 2.45) is 0 Å². The third-order valence-corrected chi connectivity index (χ3v) is 3.07. The molecule has 5 heteroatoms. The lowest BCUT2D eigenvalue weighted by atomic mass is 10.1. The van der Waals surface area contributed by atoms with Crippen LogP contribution in [0.1, 0.15) is 20.3 Å². The summed E-state index contributed by atoms with van der Waals surface area (Å²) in [7, 11) is 3.70. The third-order valence-electron chi connectivity index (χ3n) is 3.07. The van der Waals surface area contributed by atoms with E-state index in [0.717, 1.165) is 12.7 Å². The Bertz CT molecular complexity index is 413. The Morgan fingerprint density at radius 2 is 2.05 bits per heavy atom. The first-order chi connectivity index (χ1) is 9.43. The maximum atomic E-state index is 12.6. The molecule has 1 unspecified atom stereocenters. The number of aldehydes is 1. The molecule has 0 saturated carbocycles. The number of hydrogen-bond donors (Lipinski definition) is 0. The molecule has 0 bridgehead atoms. The second-order valence-electron chi connectivity index (χ2n) is 5.32. The molecule has 1 amide bonds. The third kappa shape index (κ3) is 5.17. The number of ether oxygens (including phenoxy) is 1. The predicted octanol–water partition coefficient (Wildman–Crippen LogP) is 1.21. The van der Waals surface area contributed by atoms with Gasteiger partial charge in [-0.25, -0.2) is 0 Å². The summed E-state index contributed by atoms with van der Waals surface area (Å²) in [6, 6.07) is 0. The van der Waals surface area contributed by atoms with Gasteiger partial charge in [-0.15, -0.1) is 0 Å². The van der Waals surface area contributed by atoms with Gasteiger partial charge in [-0.1, -0.05) is 0 Å². The molecule has 0 N–H and O–H groups in total. The summed E-state index contributed by atoms with van der Waals surface area (Å²) in [4.78, 5) is 26.9. The Labute approximate surface area is 120 Å². The van der Waals surface area contributed by atoms with Crippen LogP contribution >= 0.6 is 0 Å². The molecule has 1 atom stereocenters. The summed E-state index contributed by atoms with van der Waals surface area (Å²) in [5.41, 5.74) is 1.06. The minimum absolute atomic E-state index is 0.0578. The van der Waals surface area contributed by atoms with E-state index in [1.165, 1.54) is 0 Å². The van der Waals surface area contributed by atoms with E-state index in [1.54, 1.807) is 29.0 Å². The summed E-state index contributed by atoms with van der Waals surface area (Å²) >= 11 is 0. The fourth-order valence-corrected chi connectivity index (χ4v) is 1.99. The quantitative estimate of drug-likeness (QED) is 0.441. The van der Waals surface area contributed by atoms with Crippen LogP contribution < -0.4 is 0 Å². The number of hydrogen-bond acceptors (Lipinski definition) is 4. The maximum Gasteiger partial charge on any atom is 0.255 e. The molecule has 1 saturated heterocycles. The van der Waals surface area contributed by atoms with E-state index in [1.807, 2.05) is 21.0 Å². The molecule has 1 fully saturated rings. The predicted molar refractivity (Wildman–Crippen MR) is 78.2 cm³/mol. The van der Waals surface area contributed by atoms with Crippen molar-refractivity contribution < 1.29 is 14.3 Å². The minimum atomic E-state index is -0.0578. The molecule has 0 aromatic heterocycles. The molecule has 20 heavy (non-hydrogen) atoms. The van der Waals surface area contributed by atoms with Crippen molar-refractivity contribution in [1.29, 1.82) is 0 Å². The van der Waals surface area contributed by atoms with Crippen LogP contribution in [0.4, 0.5) is 0 Å². The van der Waals surface area contributed by atoms with Crippen LogP contribution in [0.15, 0.2) is 23.4 Å². The number of carbonyl (C=O) groups is 2. The fourth-order valence-electron chi connectivity index (χ4n) is 1.99. The molecule has 0 radical (unpaired) electrons. The normalized spacial score (nSPS) is 21.4. The van der Waals surface area contributed by atoms with Crippen LogP contribution in [-0.4, -0.2) is 61.9 Å². The number of amides is 1. The molecule has 0 aliphatic carbocycles. The molecule has 1 aliphatic rings. The van der Waals surface area contributed by atoms with Gasteiger partial charge >= 0.3 is 0 Å². The molecule has 5 nitrogen and oxygen atoms in total. The molecular weight excluding hydrogens is 256 g/mol. The van der Waals surface area contributed by atoms with Gasteiger partial charge in [0, 0.05) is 33.4 Å². The zero-order chi connectivity index (χ0) is 15.1. The van der Waals surface area contributed by atoms with E-state index < -0.39 is 0 Å². The van der Waals surface area contributed by atoms with Crippen LogP contribution in [-0.2, 0) is 14.3 Å². The van der Waals surface area contributed by atoms with Gasteiger partial charge in [-0.3, -0.25) is 9.59 Å². The second-order valence-corrected chi connectivity index (χ2v) is 5.32. The van der Waals surface area contributed by atoms with Crippen molar-refractivity contribution >= 4 is 12.2 Å². The zero-order valence-corrected chi connectivity index (χ0v) is 12.8. The zero-order valence-electron chi connectivity index (χ0n) is 12.8. The van der Waals surface area contributed by atoms with Gasteiger partial charge in [0.05, 0.1) is 18.3 Å². The van der Waals surface area contributed by atoms with E-state index in [2.05, 4.69) is 0 Å². The van der Waals surface area contributed by atoms with Crippen molar-refractivity contribution in [1.82, 2.24) is 9.80 Å². The van der Waals surface area contributed by atoms with Gasteiger partial charge in [0.15, 0.2) is 0 Å². The van der Waals surface area contributed by atoms with Gasteiger partial charge in [-0.05, 0) is 31.9 Å². The van der Waals surface area contributed by atoms with E-state index >= 15 is 0 Å². The average Bonchev–Trinajstić information content (AvgIpc) is 2.61. The number of nitrogens with zero attached hydrogens (tertiary/aromatic N) is 2. The van der Waals surface area contributed by atoms with E-state index in [-0.39, 0.29) is 12.0 Å². The van der Waals surface area contributed by atoms with Crippen LogP contribution in [0.5, 0.6) is 0 Å². The summed E-state index contributed by atoms with van der Waals surface area (Å²) in [6.07, 6.45) is 5.14. The summed E-state index contributed by atoms with van der Waals surface area (Å²) in [5.74, 6) is -0.0578. The molecule has 112 valence electrons. The van der Waals surface area contributed by atoms with Crippen LogP contribution in [0, 0.1) is 0 Å². The van der Waals surface area contributed by atoms with Crippen LogP contribution in [0.25, 0.3) is 0 Å². The minimum Gasteiger partial charge on any atom is -0.383 e. The van der Waals surface area contributed by atoms with Crippen LogP contribution in [0.2, 0.25) is 0 Å². The van der Waals surface area contributed by atoms with Gasteiger partial charge in [0.1, 0.15) is 6.29 Å². The summed E-state index contributed by atoms with van der Waals surface area (Å²) < 4.78 is 5.55.